The minimum absolute atomic E-state index is 0.0224. The van der Waals surface area contributed by atoms with Gasteiger partial charge in [0.15, 0.2) is 0 Å². The lowest BCUT2D eigenvalue weighted by molar-refractivity contribution is -0.232. The predicted octanol–water partition coefficient (Wildman–Crippen LogP) is 1.98. The van der Waals surface area contributed by atoms with Crippen molar-refractivity contribution in [2.24, 2.45) is 16.7 Å². The molecule has 122 valence electrons. The summed E-state index contributed by atoms with van der Waals surface area (Å²) in [5.74, 6) is -0.347. The average molecular weight is 308 g/mol. The Kier molecular flexibility index (Phi) is 3.40. The van der Waals surface area contributed by atoms with Crippen LogP contribution in [0.2, 0.25) is 0 Å². The van der Waals surface area contributed by atoms with E-state index in [4.69, 9.17) is 9.47 Å². The third kappa shape index (κ3) is 2.18. The van der Waals surface area contributed by atoms with Crippen LogP contribution in [0, 0.1) is 16.7 Å². The van der Waals surface area contributed by atoms with Gasteiger partial charge in [0.05, 0.1) is 12.5 Å². The Morgan fingerprint density at radius 1 is 1.23 bits per heavy atom. The molecule has 4 atom stereocenters. The molecular formula is C17H24O5. The molecule has 5 heteroatoms. The van der Waals surface area contributed by atoms with Gasteiger partial charge in [-0.3, -0.25) is 4.79 Å². The number of aliphatic hydroxyl groups is 1. The zero-order chi connectivity index (χ0) is 16.2. The maximum absolute atomic E-state index is 12.4. The molecule has 4 fully saturated rings. The molecule has 0 saturated heterocycles. The first-order chi connectivity index (χ1) is 10.3. The molecule has 0 aromatic heterocycles. The molecule has 4 bridgehead atoms. The molecule has 4 rings (SSSR count). The number of rotatable bonds is 4. The lowest BCUT2D eigenvalue weighted by atomic mass is 9.42. The van der Waals surface area contributed by atoms with Crippen molar-refractivity contribution < 1.29 is 24.2 Å². The van der Waals surface area contributed by atoms with E-state index in [0.29, 0.717) is 30.8 Å². The fourth-order valence-corrected chi connectivity index (χ4v) is 5.56. The summed E-state index contributed by atoms with van der Waals surface area (Å²) in [6.45, 7) is 5.29. The van der Waals surface area contributed by atoms with E-state index in [9.17, 15) is 14.7 Å². The van der Waals surface area contributed by atoms with Gasteiger partial charge in [-0.1, -0.05) is 6.58 Å². The molecule has 4 saturated carbocycles. The van der Waals surface area contributed by atoms with Crippen molar-refractivity contribution in [3.8, 4) is 0 Å². The van der Waals surface area contributed by atoms with Crippen LogP contribution in [0.25, 0.3) is 0 Å². The van der Waals surface area contributed by atoms with Gasteiger partial charge in [-0.25, -0.2) is 4.79 Å². The Labute approximate surface area is 130 Å². The van der Waals surface area contributed by atoms with Crippen molar-refractivity contribution in [1.82, 2.24) is 0 Å². The van der Waals surface area contributed by atoms with E-state index in [1.165, 1.54) is 7.11 Å². The van der Waals surface area contributed by atoms with Crippen LogP contribution in [0.1, 0.15) is 45.4 Å². The van der Waals surface area contributed by atoms with Gasteiger partial charge < -0.3 is 14.6 Å². The van der Waals surface area contributed by atoms with Gasteiger partial charge in [0.25, 0.3) is 0 Å². The smallest absolute Gasteiger partial charge is 0.333 e. The Hall–Kier alpha value is -1.36. The van der Waals surface area contributed by atoms with Crippen LogP contribution in [0.5, 0.6) is 0 Å². The van der Waals surface area contributed by atoms with Crippen molar-refractivity contribution in [2.45, 2.75) is 51.0 Å². The summed E-state index contributed by atoms with van der Waals surface area (Å²) in [4.78, 5) is 24.5. The lowest BCUT2D eigenvalue weighted by Crippen LogP contribution is -2.64. The molecule has 22 heavy (non-hydrogen) atoms. The number of carbonyl (C=O) groups is 2. The maximum Gasteiger partial charge on any atom is 0.333 e. The number of aliphatic hydroxyl groups excluding tert-OH is 1. The Morgan fingerprint density at radius 2 is 1.95 bits per heavy atom. The van der Waals surface area contributed by atoms with Crippen molar-refractivity contribution >= 4 is 11.9 Å². The van der Waals surface area contributed by atoms with Crippen molar-refractivity contribution in [2.75, 3.05) is 13.7 Å². The average Bonchev–Trinajstić information content (AvgIpc) is 2.44. The molecule has 4 aliphatic carbocycles. The predicted molar refractivity (Wildman–Crippen MR) is 78.8 cm³/mol. The summed E-state index contributed by atoms with van der Waals surface area (Å²) in [5.41, 5.74) is -1.25. The monoisotopic (exact) mass is 308 g/mol. The van der Waals surface area contributed by atoms with Gasteiger partial charge in [-0.2, -0.15) is 0 Å². The van der Waals surface area contributed by atoms with E-state index in [0.717, 1.165) is 19.3 Å². The summed E-state index contributed by atoms with van der Waals surface area (Å²) < 4.78 is 10.8. The third-order valence-corrected chi connectivity index (χ3v) is 5.74. The van der Waals surface area contributed by atoms with Gasteiger partial charge >= 0.3 is 11.9 Å². The SMILES string of the molecule is C=C(C)C(=O)OC12CC3CC(CO)(C1)CC(C(=O)OC)(C3)C2. The zero-order valence-electron chi connectivity index (χ0n) is 13.3. The van der Waals surface area contributed by atoms with E-state index in [1.54, 1.807) is 6.92 Å². The van der Waals surface area contributed by atoms with Crippen LogP contribution >= 0.6 is 0 Å². The van der Waals surface area contributed by atoms with Crippen molar-refractivity contribution in [3.05, 3.63) is 12.2 Å². The van der Waals surface area contributed by atoms with Crippen LogP contribution in [-0.4, -0.2) is 36.4 Å². The zero-order valence-corrected chi connectivity index (χ0v) is 13.3. The number of ether oxygens (including phenoxy) is 2. The van der Waals surface area contributed by atoms with Gasteiger partial charge in [0, 0.05) is 18.6 Å². The normalized spacial score (nSPS) is 42.0. The van der Waals surface area contributed by atoms with Crippen LogP contribution in [-0.2, 0) is 19.1 Å². The minimum atomic E-state index is -0.660. The second-order valence-electron chi connectivity index (χ2n) is 7.79. The molecule has 4 aliphatic rings. The quantitative estimate of drug-likeness (QED) is 0.635. The van der Waals surface area contributed by atoms with E-state index in [-0.39, 0.29) is 18.0 Å². The van der Waals surface area contributed by atoms with Gasteiger partial charge in [0.2, 0.25) is 0 Å². The molecular weight excluding hydrogens is 284 g/mol. The van der Waals surface area contributed by atoms with Crippen molar-refractivity contribution in [3.63, 3.8) is 0 Å². The fourth-order valence-electron chi connectivity index (χ4n) is 5.56. The first-order valence-electron chi connectivity index (χ1n) is 7.86. The second kappa shape index (κ2) is 4.82. The van der Waals surface area contributed by atoms with Crippen LogP contribution in [0.3, 0.4) is 0 Å². The Morgan fingerprint density at radius 3 is 2.55 bits per heavy atom. The third-order valence-electron chi connectivity index (χ3n) is 5.74. The summed E-state index contributed by atoms with van der Waals surface area (Å²) >= 11 is 0. The number of hydrogen-bond acceptors (Lipinski definition) is 5. The van der Waals surface area contributed by atoms with Crippen LogP contribution < -0.4 is 0 Å². The molecule has 0 amide bonds. The van der Waals surface area contributed by atoms with Gasteiger partial charge in [-0.15, -0.1) is 0 Å². The summed E-state index contributed by atoms with van der Waals surface area (Å²) in [6.07, 6.45) is 4.20. The lowest BCUT2D eigenvalue weighted by Gasteiger charge is -2.64. The van der Waals surface area contributed by atoms with E-state index < -0.39 is 17.0 Å². The first-order valence-corrected chi connectivity index (χ1v) is 7.86. The Balaban J connectivity index is 1.97. The molecule has 0 heterocycles. The molecule has 0 aliphatic heterocycles. The first kappa shape index (κ1) is 15.5. The summed E-state index contributed by atoms with van der Waals surface area (Å²) in [5, 5.41) is 9.95. The second-order valence-corrected chi connectivity index (χ2v) is 7.79. The summed E-state index contributed by atoms with van der Waals surface area (Å²) in [7, 11) is 1.40. The molecule has 0 spiro atoms. The number of esters is 2. The number of hydrogen-bond donors (Lipinski definition) is 1. The highest BCUT2D eigenvalue weighted by Crippen LogP contribution is 2.67. The highest BCUT2D eigenvalue weighted by atomic mass is 16.6. The van der Waals surface area contributed by atoms with Gasteiger partial charge in [0.1, 0.15) is 5.60 Å². The minimum Gasteiger partial charge on any atom is -0.469 e. The van der Waals surface area contributed by atoms with Crippen molar-refractivity contribution in [1.29, 1.82) is 0 Å². The Bertz CT molecular complexity index is 541. The fraction of sp³-hybridized carbons (Fsp3) is 0.765. The molecule has 1 N–H and O–H groups in total. The highest BCUT2D eigenvalue weighted by molar-refractivity contribution is 5.87. The highest BCUT2D eigenvalue weighted by Gasteiger charge is 2.67. The van der Waals surface area contributed by atoms with Gasteiger partial charge in [-0.05, 0) is 50.4 Å². The number of methoxy groups -OCH3 is 1. The van der Waals surface area contributed by atoms with Crippen LogP contribution in [0.4, 0.5) is 0 Å². The molecule has 0 aromatic carbocycles. The van der Waals surface area contributed by atoms with E-state index in [1.807, 2.05) is 0 Å². The standard InChI is InChI=1S/C17H24O5/c1-11(2)13(19)22-17-6-12-4-15(8-17,10-18)7-16(5-12,9-17)14(20)21-3/h12,18H,1,4-10H2,2-3H3. The molecule has 0 radical (unpaired) electrons. The summed E-state index contributed by atoms with van der Waals surface area (Å²) in [6, 6.07) is 0. The topological polar surface area (TPSA) is 72.8 Å². The molecule has 5 nitrogen and oxygen atoms in total. The number of carbonyl (C=O) groups excluding carboxylic acids is 2. The largest absolute Gasteiger partial charge is 0.469 e. The van der Waals surface area contributed by atoms with E-state index in [2.05, 4.69) is 6.58 Å². The van der Waals surface area contributed by atoms with Crippen LogP contribution in [0.15, 0.2) is 12.2 Å². The maximum atomic E-state index is 12.4. The van der Waals surface area contributed by atoms with E-state index >= 15 is 0 Å². The molecule has 0 aromatic rings. The molecule has 4 unspecified atom stereocenters.